The van der Waals surface area contributed by atoms with E-state index >= 15 is 0 Å². The standard InChI is InChI=1S/C17H19N6Se/c1-14(15-6-2-4-8-18-15)20-21-17(24)23-12-10-22(11-13-23)16-7-3-5-9-19-16/h2-9H,10-13H2,1H3/b20-14?,21-17-. The van der Waals surface area contributed by atoms with Crippen molar-refractivity contribution >= 4 is 32.3 Å². The topological polar surface area (TPSA) is 57.0 Å². The molecule has 3 rings (SSSR count). The first-order chi connectivity index (χ1) is 11.7. The Bertz CT molecular complexity index is 708. The molecule has 0 saturated carbocycles. The molecular weight excluding hydrogens is 367 g/mol. The molecule has 0 unspecified atom stereocenters. The summed E-state index contributed by atoms with van der Waals surface area (Å²) in [5.41, 5.74) is 1.64. The van der Waals surface area contributed by atoms with Crippen LogP contribution < -0.4 is 4.90 Å². The fourth-order valence-electron chi connectivity index (χ4n) is 2.48. The van der Waals surface area contributed by atoms with Gasteiger partial charge in [-0.3, -0.25) is 0 Å². The van der Waals surface area contributed by atoms with Gasteiger partial charge in [0.05, 0.1) is 0 Å². The van der Waals surface area contributed by atoms with Crippen molar-refractivity contribution in [3.05, 3.63) is 54.5 Å². The van der Waals surface area contributed by atoms with Crippen LogP contribution in [-0.4, -0.2) is 67.5 Å². The Morgan fingerprint density at radius 1 is 0.958 bits per heavy atom. The molecule has 0 aliphatic carbocycles. The molecule has 1 saturated heterocycles. The number of hydrogen-bond acceptors (Lipinski definition) is 5. The van der Waals surface area contributed by atoms with Gasteiger partial charge in [0.2, 0.25) is 0 Å². The summed E-state index contributed by atoms with van der Waals surface area (Å²) in [7, 11) is 0. The second kappa shape index (κ2) is 8.04. The molecule has 24 heavy (non-hydrogen) atoms. The summed E-state index contributed by atoms with van der Waals surface area (Å²) in [6, 6.07) is 11.8. The molecule has 2 aromatic rings. The third-order valence-corrected chi connectivity index (χ3v) is 4.56. The first-order valence-corrected chi connectivity index (χ1v) is 8.71. The van der Waals surface area contributed by atoms with E-state index in [0.717, 1.165) is 48.1 Å². The molecule has 0 amide bonds. The molecule has 1 aliphatic heterocycles. The Labute approximate surface area is 150 Å². The third kappa shape index (κ3) is 4.19. The molecule has 0 aromatic carbocycles. The van der Waals surface area contributed by atoms with Crippen LogP contribution >= 0.6 is 0 Å². The zero-order valence-corrected chi connectivity index (χ0v) is 15.3. The van der Waals surface area contributed by atoms with Crippen molar-refractivity contribution < 1.29 is 0 Å². The summed E-state index contributed by atoms with van der Waals surface area (Å²) >= 11 is 3.02. The predicted octanol–water partition coefficient (Wildman–Crippen LogP) is 1.55. The molecule has 0 bridgehead atoms. The number of hydrogen-bond donors (Lipinski definition) is 0. The van der Waals surface area contributed by atoms with Crippen LogP contribution in [0.4, 0.5) is 5.82 Å². The number of rotatable bonds is 3. The van der Waals surface area contributed by atoms with Gasteiger partial charge < -0.3 is 0 Å². The summed E-state index contributed by atoms with van der Waals surface area (Å²) in [6.07, 6.45) is 3.59. The summed E-state index contributed by atoms with van der Waals surface area (Å²) < 4.78 is 0.811. The molecule has 6 nitrogen and oxygen atoms in total. The van der Waals surface area contributed by atoms with E-state index in [1.54, 1.807) is 6.20 Å². The van der Waals surface area contributed by atoms with E-state index in [4.69, 9.17) is 0 Å². The van der Waals surface area contributed by atoms with Crippen molar-refractivity contribution in [1.82, 2.24) is 14.9 Å². The van der Waals surface area contributed by atoms with Crippen LogP contribution in [0, 0.1) is 0 Å². The second-order valence-corrected chi connectivity index (χ2v) is 6.21. The Balaban J connectivity index is 1.60. The number of pyridine rings is 2. The van der Waals surface area contributed by atoms with E-state index < -0.39 is 0 Å². The van der Waals surface area contributed by atoms with Crippen LogP contribution in [0.2, 0.25) is 0 Å². The zero-order chi connectivity index (χ0) is 16.8. The van der Waals surface area contributed by atoms with Gasteiger partial charge in [-0.05, 0) is 0 Å². The summed E-state index contributed by atoms with van der Waals surface area (Å²) in [5.74, 6) is 1.03. The van der Waals surface area contributed by atoms with Crippen LogP contribution in [-0.2, 0) is 0 Å². The second-order valence-electron chi connectivity index (χ2n) is 5.44. The first-order valence-electron chi connectivity index (χ1n) is 7.85. The maximum absolute atomic E-state index is 4.41. The summed E-state index contributed by atoms with van der Waals surface area (Å²) in [6.45, 7) is 5.53. The summed E-state index contributed by atoms with van der Waals surface area (Å²) in [4.78, 5) is 13.2. The van der Waals surface area contributed by atoms with Gasteiger partial charge >= 0.3 is 150 Å². The maximum atomic E-state index is 4.41. The van der Waals surface area contributed by atoms with Gasteiger partial charge in [0.15, 0.2) is 0 Å². The van der Waals surface area contributed by atoms with Crippen molar-refractivity contribution in [1.29, 1.82) is 0 Å². The zero-order valence-electron chi connectivity index (χ0n) is 13.5. The Kier molecular flexibility index (Phi) is 5.56. The number of amidine groups is 1. The van der Waals surface area contributed by atoms with Crippen LogP contribution in [0.1, 0.15) is 12.6 Å². The third-order valence-electron chi connectivity index (χ3n) is 3.84. The van der Waals surface area contributed by atoms with Crippen molar-refractivity contribution in [2.45, 2.75) is 6.92 Å². The van der Waals surface area contributed by atoms with E-state index in [-0.39, 0.29) is 0 Å². The van der Waals surface area contributed by atoms with Crippen molar-refractivity contribution in [2.24, 2.45) is 10.2 Å². The number of piperazine rings is 1. The van der Waals surface area contributed by atoms with E-state index in [0.29, 0.717) is 0 Å². The molecule has 1 fully saturated rings. The Morgan fingerprint density at radius 2 is 1.67 bits per heavy atom. The average molecular weight is 386 g/mol. The number of aromatic nitrogens is 2. The molecule has 0 spiro atoms. The molecule has 3 heterocycles. The monoisotopic (exact) mass is 387 g/mol. The van der Waals surface area contributed by atoms with Gasteiger partial charge in [-0.15, -0.1) is 0 Å². The van der Waals surface area contributed by atoms with E-state index in [1.807, 2.05) is 49.5 Å². The van der Waals surface area contributed by atoms with Crippen LogP contribution in [0.3, 0.4) is 0 Å². The van der Waals surface area contributed by atoms with E-state index in [9.17, 15) is 0 Å². The Hall–Kier alpha value is -2.24. The van der Waals surface area contributed by atoms with Crippen LogP contribution in [0.25, 0.3) is 0 Å². The van der Waals surface area contributed by atoms with Gasteiger partial charge in [0.25, 0.3) is 0 Å². The van der Waals surface area contributed by atoms with Crippen molar-refractivity contribution in [3.63, 3.8) is 0 Å². The van der Waals surface area contributed by atoms with Gasteiger partial charge in [0.1, 0.15) is 0 Å². The first kappa shape index (κ1) is 16.6. The Morgan fingerprint density at radius 3 is 2.29 bits per heavy atom. The minimum atomic E-state index is 0.801. The molecule has 7 heteroatoms. The van der Waals surface area contributed by atoms with Crippen molar-refractivity contribution in [3.8, 4) is 0 Å². The molecule has 0 N–H and O–H groups in total. The molecule has 1 radical (unpaired) electrons. The summed E-state index contributed by atoms with van der Waals surface area (Å²) in [5, 5.41) is 8.61. The SMILES string of the molecule is CC(=N/N=C(\[Se])N1CCN(c2ccccn2)CC1)c1ccccn1. The molecule has 1 aliphatic rings. The van der Waals surface area contributed by atoms with E-state index in [2.05, 4.69) is 46.0 Å². The normalized spacial score (nSPS) is 16.4. The van der Waals surface area contributed by atoms with Gasteiger partial charge in [-0.2, -0.15) is 0 Å². The van der Waals surface area contributed by atoms with Gasteiger partial charge in [0, 0.05) is 0 Å². The average Bonchev–Trinajstić information content (AvgIpc) is 2.67. The number of anilines is 1. The molecule has 123 valence electrons. The molecule has 2 aromatic heterocycles. The van der Waals surface area contributed by atoms with Gasteiger partial charge in [-0.1, -0.05) is 0 Å². The van der Waals surface area contributed by atoms with Gasteiger partial charge in [-0.25, -0.2) is 0 Å². The molecule has 0 atom stereocenters. The van der Waals surface area contributed by atoms with Crippen molar-refractivity contribution in [2.75, 3.05) is 31.1 Å². The fraction of sp³-hybridized carbons (Fsp3) is 0.294. The predicted molar refractivity (Wildman–Crippen MR) is 97.7 cm³/mol. The number of nitrogens with zero attached hydrogens (tertiary/aromatic N) is 6. The fourth-order valence-corrected chi connectivity index (χ4v) is 2.95. The van der Waals surface area contributed by atoms with E-state index in [1.165, 1.54) is 0 Å². The molecular formula is C17H19N6Se. The van der Waals surface area contributed by atoms with Crippen LogP contribution in [0.5, 0.6) is 0 Å². The quantitative estimate of drug-likeness (QED) is 0.348. The van der Waals surface area contributed by atoms with Crippen LogP contribution in [0.15, 0.2) is 59.0 Å². The minimum absolute atomic E-state index is 0.801.